The molecule has 1 amide bonds. The summed E-state index contributed by atoms with van der Waals surface area (Å²) in [5.41, 5.74) is 1.91. The van der Waals surface area contributed by atoms with Crippen molar-refractivity contribution in [2.45, 2.75) is 25.8 Å². The highest BCUT2D eigenvalue weighted by atomic mass is 16.1. The minimum atomic E-state index is 0.136. The maximum atomic E-state index is 12.0. The number of hydrogen-bond acceptors (Lipinski definition) is 3. The molecule has 0 unspecified atom stereocenters. The Morgan fingerprint density at radius 3 is 2.89 bits per heavy atom. The summed E-state index contributed by atoms with van der Waals surface area (Å²) in [7, 11) is 0. The van der Waals surface area contributed by atoms with Gasteiger partial charge in [0.15, 0.2) is 0 Å². The molecule has 1 aromatic heterocycles. The number of para-hydroxylation sites is 1. The van der Waals surface area contributed by atoms with Crippen molar-refractivity contribution in [3.05, 3.63) is 42.5 Å². The third kappa shape index (κ3) is 2.65. The molecule has 0 aliphatic heterocycles. The summed E-state index contributed by atoms with van der Waals surface area (Å²) in [4.78, 5) is 15.9. The van der Waals surface area contributed by atoms with Gasteiger partial charge >= 0.3 is 0 Å². The molecule has 1 heterocycles. The standard InChI is InChI=1S/C14H16N4O/c19-14(11-5-3-6-11)17-13-7-2-1-4-12(13)8-18-10-15-9-16-18/h1-2,4,7,9-11H,3,5-6,8H2,(H,17,19). The molecule has 1 N–H and O–H groups in total. The molecule has 0 spiro atoms. The van der Waals surface area contributed by atoms with Gasteiger partial charge in [-0.1, -0.05) is 24.6 Å². The molecule has 98 valence electrons. The first-order valence-electron chi connectivity index (χ1n) is 6.54. The smallest absolute Gasteiger partial charge is 0.227 e. The number of rotatable bonds is 4. The van der Waals surface area contributed by atoms with Crippen LogP contribution in [0.3, 0.4) is 0 Å². The normalized spacial score (nSPS) is 14.9. The number of aromatic nitrogens is 3. The minimum absolute atomic E-state index is 0.136. The number of nitrogens with one attached hydrogen (secondary N) is 1. The highest BCUT2D eigenvalue weighted by Crippen LogP contribution is 2.28. The molecule has 5 heteroatoms. The molecule has 1 fully saturated rings. The Morgan fingerprint density at radius 2 is 2.21 bits per heavy atom. The fourth-order valence-corrected chi connectivity index (χ4v) is 2.17. The molecule has 2 aromatic rings. The SMILES string of the molecule is O=C(Nc1ccccc1Cn1cncn1)C1CCC1. The molecule has 1 aliphatic rings. The van der Waals surface area contributed by atoms with E-state index in [2.05, 4.69) is 15.4 Å². The van der Waals surface area contributed by atoms with Crippen molar-refractivity contribution >= 4 is 11.6 Å². The first-order chi connectivity index (χ1) is 9.33. The molecule has 19 heavy (non-hydrogen) atoms. The van der Waals surface area contributed by atoms with E-state index >= 15 is 0 Å². The average Bonchev–Trinajstić information content (AvgIpc) is 2.82. The monoisotopic (exact) mass is 256 g/mol. The van der Waals surface area contributed by atoms with Crippen molar-refractivity contribution in [2.75, 3.05) is 5.32 Å². The zero-order chi connectivity index (χ0) is 13.1. The lowest BCUT2D eigenvalue weighted by molar-refractivity contribution is -0.122. The van der Waals surface area contributed by atoms with Gasteiger partial charge in [0, 0.05) is 11.6 Å². The van der Waals surface area contributed by atoms with E-state index in [0.717, 1.165) is 24.1 Å². The maximum absolute atomic E-state index is 12.0. The summed E-state index contributed by atoms with van der Waals surface area (Å²) >= 11 is 0. The minimum Gasteiger partial charge on any atom is -0.326 e. The first kappa shape index (κ1) is 11.9. The van der Waals surface area contributed by atoms with Crippen molar-refractivity contribution in [1.29, 1.82) is 0 Å². The number of hydrogen-bond donors (Lipinski definition) is 1. The second-order valence-corrected chi connectivity index (χ2v) is 4.87. The van der Waals surface area contributed by atoms with E-state index < -0.39 is 0 Å². The largest absolute Gasteiger partial charge is 0.326 e. The van der Waals surface area contributed by atoms with Gasteiger partial charge in [-0.15, -0.1) is 0 Å². The van der Waals surface area contributed by atoms with Gasteiger partial charge in [0.2, 0.25) is 5.91 Å². The summed E-state index contributed by atoms with van der Waals surface area (Å²) in [6.07, 6.45) is 6.37. The van der Waals surface area contributed by atoms with E-state index in [1.807, 2.05) is 24.3 Å². The fourth-order valence-electron chi connectivity index (χ4n) is 2.17. The Hall–Kier alpha value is -2.17. The van der Waals surface area contributed by atoms with Gasteiger partial charge in [0.1, 0.15) is 12.7 Å². The second kappa shape index (κ2) is 5.22. The number of benzene rings is 1. The molecule has 3 rings (SSSR count). The molecule has 0 atom stereocenters. The number of nitrogens with zero attached hydrogens (tertiary/aromatic N) is 3. The predicted molar refractivity (Wildman–Crippen MR) is 71.5 cm³/mol. The van der Waals surface area contributed by atoms with E-state index in [1.54, 1.807) is 11.0 Å². The summed E-state index contributed by atoms with van der Waals surface area (Å²) < 4.78 is 1.74. The lowest BCUT2D eigenvalue weighted by Gasteiger charge is -2.24. The van der Waals surface area contributed by atoms with E-state index in [9.17, 15) is 4.79 Å². The second-order valence-electron chi connectivity index (χ2n) is 4.87. The van der Waals surface area contributed by atoms with Gasteiger partial charge in [-0.25, -0.2) is 9.67 Å². The van der Waals surface area contributed by atoms with Gasteiger partial charge in [0.25, 0.3) is 0 Å². The van der Waals surface area contributed by atoms with E-state index in [4.69, 9.17) is 0 Å². The van der Waals surface area contributed by atoms with Gasteiger partial charge in [-0.2, -0.15) is 5.10 Å². The molecular weight excluding hydrogens is 240 g/mol. The van der Waals surface area contributed by atoms with Gasteiger partial charge in [-0.05, 0) is 24.5 Å². The van der Waals surface area contributed by atoms with Crippen LogP contribution in [0.5, 0.6) is 0 Å². The van der Waals surface area contributed by atoms with Crippen LogP contribution in [0.25, 0.3) is 0 Å². The Kier molecular flexibility index (Phi) is 3.27. The summed E-state index contributed by atoms with van der Waals surface area (Å²) in [5.74, 6) is 0.330. The highest BCUT2D eigenvalue weighted by molar-refractivity contribution is 5.93. The third-order valence-corrected chi connectivity index (χ3v) is 3.55. The molecule has 0 radical (unpaired) electrons. The van der Waals surface area contributed by atoms with Gasteiger partial charge in [-0.3, -0.25) is 4.79 Å². The number of amides is 1. The van der Waals surface area contributed by atoms with Crippen molar-refractivity contribution in [3.8, 4) is 0 Å². The lowest BCUT2D eigenvalue weighted by Crippen LogP contribution is -2.28. The van der Waals surface area contributed by atoms with Crippen LogP contribution in [0.1, 0.15) is 24.8 Å². The van der Waals surface area contributed by atoms with Crippen LogP contribution < -0.4 is 5.32 Å². The molecule has 0 saturated heterocycles. The van der Waals surface area contributed by atoms with E-state index in [1.165, 1.54) is 12.7 Å². The predicted octanol–water partition coefficient (Wildman–Crippen LogP) is 2.06. The molecule has 1 aromatic carbocycles. The van der Waals surface area contributed by atoms with Crippen LogP contribution in [-0.4, -0.2) is 20.7 Å². The Balaban J connectivity index is 1.75. The van der Waals surface area contributed by atoms with Crippen LogP contribution in [0.4, 0.5) is 5.69 Å². The van der Waals surface area contributed by atoms with Gasteiger partial charge in [0.05, 0.1) is 6.54 Å². The third-order valence-electron chi connectivity index (χ3n) is 3.55. The van der Waals surface area contributed by atoms with Crippen molar-refractivity contribution in [2.24, 2.45) is 5.92 Å². The van der Waals surface area contributed by atoms with E-state index in [0.29, 0.717) is 6.54 Å². The summed E-state index contributed by atoms with van der Waals surface area (Å²) in [5, 5.41) is 7.11. The molecule has 0 bridgehead atoms. The Bertz CT molecular complexity index is 561. The molecule has 1 saturated carbocycles. The maximum Gasteiger partial charge on any atom is 0.227 e. The quantitative estimate of drug-likeness (QED) is 0.911. The number of anilines is 1. The first-order valence-corrected chi connectivity index (χ1v) is 6.54. The fraction of sp³-hybridized carbons (Fsp3) is 0.357. The number of carbonyl (C=O) groups is 1. The van der Waals surface area contributed by atoms with Crippen molar-refractivity contribution in [3.63, 3.8) is 0 Å². The number of carbonyl (C=O) groups excluding carboxylic acids is 1. The van der Waals surface area contributed by atoms with Crippen molar-refractivity contribution in [1.82, 2.24) is 14.8 Å². The molecule has 5 nitrogen and oxygen atoms in total. The Labute approximate surface area is 111 Å². The van der Waals surface area contributed by atoms with Crippen LogP contribution in [0.2, 0.25) is 0 Å². The van der Waals surface area contributed by atoms with E-state index in [-0.39, 0.29) is 11.8 Å². The molecular formula is C14H16N4O. The summed E-state index contributed by atoms with van der Waals surface area (Å²) in [6, 6.07) is 7.83. The van der Waals surface area contributed by atoms with Crippen molar-refractivity contribution < 1.29 is 4.79 Å². The zero-order valence-electron chi connectivity index (χ0n) is 10.6. The van der Waals surface area contributed by atoms with Crippen LogP contribution in [0, 0.1) is 5.92 Å². The Morgan fingerprint density at radius 1 is 1.37 bits per heavy atom. The van der Waals surface area contributed by atoms with Crippen LogP contribution in [0.15, 0.2) is 36.9 Å². The van der Waals surface area contributed by atoms with Crippen LogP contribution in [-0.2, 0) is 11.3 Å². The van der Waals surface area contributed by atoms with Gasteiger partial charge < -0.3 is 5.32 Å². The highest BCUT2D eigenvalue weighted by Gasteiger charge is 2.25. The summed E-state index contributed by atoms with van der Waals surface area (Å²) in [6.45, 7) is 0.612. The zero-order valence-corrected chi connectivity index (χ0v) is 10.6. The average molecular weight is 256 g/mol. The topological polar surface area (TPSA) is 59.8 Å². The lowest BCUT2D eigenvalue weighted by atomic mass is 9.85. The molecule has 1 aliphatic carbocycles. The van der Waals surface area contributed by atoms with Crippen LogP contribution >= 0.6 is 0 Å².